The zero-order chi connectivity index (χ0) is 14.4. The number of likely N-dealkylation sites (N-methyl/N-ethyl adjacent to an activating group) is 1. The Balaban J connectivity index is 1.70. The van der Waals surface area contributed by atoms with Crippen LogP contribution in [0.15, 0.2) is 28.7 Å². The van der Waals surface area contributed by atoms with Crippen molar-refractivity contribution in [2.75, 3.05) is 38.3 Å². The Kier molecular flexibility index (Phi) is 2.85. The number of nitrogens with zero attached hydrogens (tertiary/aromatic N) is 3. The highest BCUT2D eigenvalue weighted by Crippen LogP contribution is 2.26. The van der Waals surface area contributed by atoms with Crippen LogP contribution >= 0.6 is 0 Å². The second-order valence-corrected chi connectivity index (χ2v) is 5.71. The van der Waals surface area contributed by atoms with Gasteiger partial charge in [0.05, 0.1) is 25.2 Å². The number of ether oxygens (including phenoxy) is 1. The molecule has 0 unspecified atom stereocenters. The third-order valence-electron chi connectivity index (χ3n) is 4.30. The number of benzene rings is 1. The van der Waals surface area contributed by atoms with Gasteiger partial charge >= 0.3 is 0 Å². The second kappa shape index (κ2) is 4.73. The first-order chi connectivity index (χ1) is 10.2. The number of aromatic nitrogens is 1. The summed E-state index contributed by atoms with van der Waals surface area (Å²) in [5.74, 6) is -0.00590. The average molecular weight is 287 g/mol. The summed E-state index contributed by atoms with van der Waals surface area (Å²) < 4.78 is 11.4. The maximum atomic E-state index is 12.3. The van der Waals surface area contributed by atoms with E-state index in [2.05, 4.69) is 9.88 Å². The summed E-state index contributed by atoms with van der Waals surface area (Å²) in [4.78, 5) is 20.8. The zero-order valence-electron chi connectivity index (χ0n) is 11.9. The van der Waals surface area contributed by atoms with Crippen LogP contribution in [0.3, 0.4) is 0 Å². The summed E-state index contributed by atoms with van der Waals surface area (Å²) in [7, 11) is 1.85. The van der Waals surface area contributed by atoms with Gasteiger partial charge in [0.15, 0.2) is 5.58 Å². The van der Waals surface area contributed by atoms with Crippen molar-refractivity contribution in [2.45, 2.75) is 6.04 Å². The van der Waals surface area contributed by atoms with Gasteiger partial charge in [0.25, 0.3) is 6.01 Å². The van der Waals surface area contributed by atoms with Crippen molar-refractivity contribution >= 4 is 23.0 Å². The minimum atomic E-state index is -0.155. The first-order valence-electron chi connectivity index (χ1n) is 7.17. The van der Waals surface area contributed by atoms with Crippen LogP contribution in [0.1, 0.15) is 0 Å². The monoisotopic (exact) mass is 287 g/mol. The first kappa shape index (κ1) is 12.6. The van der Waals surface area contributed by atoms with Crippen molar-refractivity contribution in [3.8, 4) is 0 Å². The Labute approximate surface area is 122 Å². The highest BCUT2D eigenvalue weighted by molar-refractivity contribution is 5.81. The van der Waals surface area contributed by atoms with E-state index in [1.54, 1.807) is 4.90 Å². The molecule has 0 N–H and O–H groups in total. The van der Waals surface area contributed by atoms with Crippen LogP contribution in [0.5, 0.6) is 0 Å². The maximum absolute atomic E-state index is 12.3. The number of carbonyl (C=O) groups is 1. The van der Waals surface area contributed by atoms with Crippen molar-refractivity contribution in [1.82, 2.24) is 9.88 Å². The molecule has 4 rings (SSSR count). The topological polar surface area (TPSA) is 58.8 Å². The number of hydrogen-bond donors (Lipinski definition) is 0. The molecule has 2 fully saturated rings. The lowest BCUT2D eigenvalue weighted by molar-refractivity contribution is -0.133. The van der Waals surface area contributed by atoms with Crippen molar-refractivity contribution in [3.63, 3.8) is 0 Å². The van der Waals surface area contributed by atoms with E-state index >= 15 is 0 Å². The molecule has 2 bridgehead atoms. The van der Waals surface area contributed by atoms with Gasteiger partial charge in [-0.3, -0.25) is 4.79 Å². The summed E-state index contributed by atoms with van der Waals surface area (Å²) >= 11 is 0. The molecule has 6 nitrogen and oxygen atoms in total. The zero-order valence-corrected chi connectivity index (χ0v) is 11.9. The molecule has 3 heterocycles. The Morgan fingerprint density at radius 1 is 1.24 bits per heavy atom. The molecule has 6 heteroatoms. The van der Waals surface area contributed by atoms with Crippen LogP contribution in [0.4, 0.5) is 6.01 Å². The Morgan fingerprint density at radius 2 is 2.10 bits per heavy atom. The van der Waals surface area contributed by atoms with Gasteiger partial charge in [-0.15, -0.1) is 0 Å². The lowest BCUT2D eigenvalue weighted by Crippen LogP contribution is -2.43. The minimum absolute atomic E-state index is 0.0417. The maximum Gasteiger partial charge on any atom is 0.298 e. The molecule has 110 valence electrons. The minimum Gasteiger partial charge on any atom is -0.423 e. The van der Waals surface area contributed by atoms with Gasteiger partial charge in [0.2, 0.25) is 5.91 Å². The lowest BCUT2D eigenvalue weighted by atomic mass is 10.1. The van der Waals surface area contributed by atoms with Gasteiger partial charge in [0, 0.05) is 20.1 Å². The lowest BCUT2D eigenvalue weighted by Gasteiger charge is -2.28. The largest absolute Gasteiger partial charge is 0.423 e. The van der Waals surface area contributed by atoms with Gasteiger partial charge in [-0.05, 0) is 12.1 Å². The number of fused-ring (bicyclic) bond motifs is 4. The summed E-state index contributed by atoms with van der Waals surface area (Å²) in [5, 5.41) is 0. The van der Waals surface area contributed by atoms with Crippen LogP contribution in [0, 0.1) is 5.92 Å². The van der Waals surface area contributed by atoms with Crippen LogP contribution in [0.2, 0.25) is 0 Å². The average Bonchev–Trinajstić information content (AvgIpc) is 2.80. The predicted octanol–water partition coefficient (Wildman–Crippen LogP) is 1.12. The van der Waals surface area contributed by atoms with E-state index in [4.69, 9.17) is 9.15 Å². The third-order valence-corrected chi connectivity index (χ3v) is 4.30. The molecule has 0 radical (unpaired) electrons. The molecule has 2 saturated heterocycles. The molecule has 2 aliphatic heterocycles. The fraction of sp³-hybridized carbons (Fsp3) is 0.467. The van der Waals surface area contributed by atoms with Gasteiger partial charge in [-0.25, -0.2) is 0 Å². The highest BCUT2D eigenvalue weighted by atomic mass is 16.5. The summed E-state index contributed by atoms with van der Waals surface area (Å²) in [6.07, 6.45) is 0. The number of amides is 1. The normalized spacial score (nSPS) is 26.2. The van der Waals surface area contributed by atoms with Crippen molar-refractivity contribution in [3.05, 3.63) is 24.3 Å². The number of rotatable bonds is 1. The van der Waals surface area contributed by atoms with Gasteiger partial charge in [-0.2, -0.15) is 4.98 Å². The molecule has 1 amide bonds. The molecule has 2 atom stereocenters. The van der Waals surface area contributed by atoms with Gasteiger partial charge < -0.3 is 19.0 Å². The fourth-order valence-electron chi connectivity index (χ4n) is 3.05. The number of oxazole rings is 1. The van der Waals surface area contributed by atoms with Crippen LogP contribution in [-0.2, 0) is 9.53 Å². The molecule has 21 heavy (non-hydrogen) atoms. The molecule has 0 saturated carbocycles. The van der Waals surface area contributed by atoms with E-state index in [1.807, 2.05) is 31.3 Å². The first-order valence-corrected chi connectivity index (χ1v) is 7.17. The smallest absolute Gasteiger partial charge is 0.298 e. The van der Waals surface area contributed by atoms with Crippen molar-refractivity contribution < 1.29 is 13.9 Å². The van der Waals surface area contributed by atoms with E-state index in [-0.39, 0.29) is 17.9 Å². The van der Waals surface area contributed by atoms with E-state index < -0.39 is 0 Å². The molecule has 1 aromatic carbocycles. The number of anilines is 1. The molecule has 0 spiro atoms. The molecule has 2 aliphatic rings. The van der Waals surface area contributed by atoms with E-state index in [1.165, 1.54) is 0 Å². The molecule has 1 aromatic heterocycles. The summed E-state index contributed by atoms with van der Waals surface area (Å²) in [6.45, 7) is 2.31. The Morgan fingerprint density at radius 3 is 2.95 bits per heavy atom. The van der Waals surface area contributed by atoms with E-state index in [0.29, 0.717) is 32.3 Å². The molecule has 0 aliphatic carbocycles. The van der Waals surface area contributed by atoms with E-state index in [9.17, 15) is 4.79 Å². The molecule has 2 aromatic rings. The van der Waals surface area contributed by atoms with Crippen LogP contribution in [0.25, 0.3) is 11.1 Å². The fourth-order valence-corrected chi connectivity index (χ4v) is 3.05. The van der Waals surface area contributed by atoms with E-state index in [0.717, 1.165) is 11.1 Å². The highest BCUT2D eigenvalue weighted by Gasteiger charge is 2.38. The Hall–Kier alpha value is -2.08. The van der Waals surface area contributed by atoms with Crippen LogP contribution < -0.4 is 4.90 Å². The standard InChI is InChI=1S/C15H17N3O3/c1-17-11-7-18(6-10(14(17)19)8-20-9-11)15-16-12-4-2-3-5-13(12)21-15/h2-5,10-11H,6-9H2,1H3/t10-,11+/m1/s1. The van der Waals surface area contributed by atoms with Gasteiger partial charge in [-0.1, -0.05) is 12.1 Å². The van der Waals surface area contributed by atoms with Crippen molar-refractivity contribution in [1.29, 1.82) is 0 Å². The summed E-state index contributed by atoms with van der Waals surface area (Å²) in [5.41, 5.74) is 1.62. The summed E-state index contributed by atoms with van der Waals surface area (Å²) in [6, 6.07) is 8.35. The predicted molar refractivity (Wildman–Crippen MR) is 77.1 cm³/mol. The number of carbonyl (C=O) groups excluding carboxylic acids is 1. The number of hydrogen-bond acceptors (Lipinski definition) is 5. The van der Waals surface area contributed by atoms with Crippen molar-refractivity contribution in [2.24, 2.45) is 5.92 Å². The quantitative estimate of drug-likeness (QED) is 0.786. The molecular formula is C15H17N3O3. The number of para-hydroxylation sites is 2. The second-order valence-electron chi connectivity index (χ2n) is 5.71. The van der Waals surface area contributed by atoms with Crippen LogP contribution in [-0.4, -0.2) is 55.2 Å². The third kappa shape index (κ3) is 2.06. The van der Waals surface area contributed by atoms with Gasteiger partial charge in [0.1, 0.15) is 5.52 Å². The molecular weight excluding hydrogens is 270 g/mol. The Bertz CT molecular complexity index is 651. The SMILES string of the molecule is CN1C(=O)[C@H]2COC[C@@H]1CN(c1nc3ccccc3o1)C2.